The van der Waals surface area contributed by atoms with E-state index in [0.717, 1.165) is 32.7 Å². The van der Waals surface area contributed by atoms with Crippen LogP contribution in [0.2, 0.25) is 0 Å². The quantitative estimate of drug-likeness (QED) is 0.366. The molecule has 0 radical (unpaired) electrons. The van der Waals surface area contributed by atoms with Crippen LogP contribution in [0.1, 0.15) is 6.92 Å². The average Bonchev–Trinajstić information content (AvgIpc) is 2.96. The summed E-state index contributed by atoms with van der Waals surface area (Å²) < 4.78 is 16.3. The molecule has 1 saturated heterocycles. The molecule has 2 aliphatic heterocycles. The molecule has 3 aromatic rings. The highest BCUT2D eigenvalue weighted by molar-refractivity contribution is 6.32. The summed E-state index contributed by atoms with van der Waals surface area (Å²) in [7, 11) is 1.44. The van der Waals surface area contributed by atoms with Gasteiger partial charge in [-0.2, -0.15) is 0 Å². The van der Waals surface area contributed by atoms with E-state index in [-0.39, 0.29) is 28.7 Å². The summed E-state index contributed by atoms with van der Waals surface area (Å²) in [5.41, 5.74) is 0.710. The van der Waals surface area contributed by atoms with Crippen LogP contribution in [-0.4, -0.2) is 66.8 Å². The second kappa shape index (κ2) is 8.25. The summed E-state index contributed by atoms with van der Waals surface area (Å²) in [6.07, 6.45) is 0. The number of methoxy groups -OCH3 is 1. The van der Waals surface area contributed by atoms with Gasteiger partial charge in [0.25, 0.3) is 0 Å². The molecule has 0 unspecified atom stereocenters. The number of hydrogen-bond acceptors (Lipinski definition) is 9. The van der Waals surface area contributed by atoms with Crippen molar-refractivity contribution in [1.29, 1.82) is 0 Å². The maximum absolute atomic E-state index is 12.4. The van der Waals surface area contributed by atoms with Gasteiger partial charge in [0.15, 0.2) is 17.2 Å². The zero-order valence-corrected chi connectivity index (χ0v) is 18.3. The fourth-order valence-corrected chi connectivity index (χ4v) is 4.37. The normalized spacial score (nSPS) is 16.4. The maximum Gasteiger partial charge on any atom is 0.423 e. The van der Waals surface area contributed by atoms with Gasteiger partial charge in [-0.15, -0.1) is 0 Å². The van der Waals surface area contributed by atoms with Crippen LogP contribution in [-0.2, 0) is 9.59 Å². The summed E-state index contributed by atoms with van der Waals surface area (Å²) in [4.78, 5) is 34.0. The Balaban J connectivity index is 1.80. The highest BCUT2D eigenvalue weighted by Gasteiger charge is 2.33. The Bertz CT molecular complexity index is 1270. The third kappa shape index (κ3) is 3.50. The molecule has 0 amide bonds. The number of piperazine rings is 1. The lowest BCUT2D eigenvalue weighted by Gasteiger charge is -2.35. The van der Waals surface area contributed by atoms with Gasteiger partial charge in [-0.05, 0) is 24.7 Å². The van der Waals surface area contributed by atoms with Crippen molar-refractivity contribution in [3.05, 3.63) is 36.4 Å². The topological polar surface area (TPSA) is 101 Å². The molecule has 170 valence electrons. The lowest BCUT2D eigenvalue weighted by molar-refractivity contribution is -0.155. The minimum Gasteiger partial charge on any atom is -0.504 e. The van der Waals surface area contributed by atoms with Crippen molar-refractivity contribution >= 4 is 28.5 Å². The van der Waals surface area contributed by atoms with Gasteiger partial charge >= 0.3 is 11.9 Å². The summed E-state index contributed by atoms with van der Waals surface area (Å²) >= 11 is 0. The first kappa shape index (κ1) is 21.0. The van der Waals surface area contributed by atoms with Crippen LogP contribution in [0, 0.1) is 0 Å². The number of aromatic hydroxyl groups is 1. The Morgan fingerprint density at radius 1 is 1.03 bits per heavy atom. The van der Waals surface area contributed by atoms with Gasteiger partial charge in [-0.1, -0.05) is 25.1 Å². The molecule has 2 aliphatic rings. The number of pyridine rings is 1. The lowest BCUT2D eigenvalue weighted by Crippen LogP contribution is -2.46. The van der Waals surface area contributed by atoms with Gasteiger partial charge in [0.2, 0.25) is 0 Å². The number of anilines is 1. The second-order valence-corrected chi connectivity index (χ2v) is 7.85. The number of nitrogens with zero attached hydrogens (tertiary/aromatic N) is 3. The first-order chi connectivity index (χ1) is 16.0. The van der Waals surface area contributed by atoms with Crippen molar-refractivity contribution in [3.63, 3.8) is 0 Å². The number of phenols is 1. The summed E-state index contributed by atoms with van der Waals surface area (Å²) in [5.74, 6) is -1.15. The molecule has 33 heavy (non-hydrogen) atoms. The van der Waals surface area contributed by atoms with Gasteiger partial charge in [-0.25, -0.2) is 14.6 Å². The zero-order chi connectivity index (χ0) is 23.1. The number of aromatic nitrogens is 1. The molecule has 0 saturated carbocycles. The molecule has 0 spiro atoms. The fraction of sp³-hybridized carbons (Fsp3) is 0.292. The van der Waals surface area contributed by atoms with E-state index in [2.05, 4.69) is 16.7 Å². The monoisotopic (exact) mass is 449 g/mol. The Kier molecular flexibility index (Phi) is 5.26. The Morgan fingerprint density at radius 3 is 2.48 bits per heavy atom. The van der Waals surface area contributed by atoms with Gasteiger partial charge in [0.05, 0.1) is 18.1 Å². The van der Waals surface area contributed by atoms with Crippen molar-refractivity contribution in [2.45, 2.75) is 6.92 Å². The minimum absolute atomic E-state index is 0.0808. The smallest absolute Gasteiger partial charge is 0.423 e. The second-order valence-electron chi connectivity index (χ2n) is 7.85. The van der Waals surface area contributed by atoms with E-state index in [4.69, 9.17) is 19.2 Å². The van der Waals surface area contributed by atoms with E-state index in [1.165, 1.54) is 13.2 Å². The Morgan fingerprint density at radius 2 is 1.76 bits per heavy atom. The van der Waals surface area contributed by atoms with E-state index in [1.54, 1.807) is 24.3 Å². The molecule has 2 aromatic carbocycles. The third-order valence-corrected chi connectivity index (χ3v) is 6.06. The van der Waals surface area contributed by atoms with Crippen LogP contribution < -0.4 is 19.1 Å². The third-order valence-electron chi connectivity index (χ3n) is 6.06. The molecule has 1 aromatic heterocycles. The molecule has 0 bridgehead atoms. The van der Waals surface area contributed by atoms with Crippen LogP contribution in [0.15, 0.2) is 36.4 Å². The molecule has 9 nitrogen and oxygen atoms in total. The number of rotatable bonds is 4. The molecule has 9 heteroatoms. The molecule has 0 atom stereocenters. The number of esters is 2. The lowest BCUT2D eigenvalue weighted by atomic mass is 10.0. The van der Waals surface area contributed by atoms with E-state index < -0.39 is 11.9 Å². The Labute approximate surface area is 190 Å². The average molecular weight is 449 g/mol. The highest BCUT2D eigenvalue weighted by atomic mass is 16.6. The van der Waals surface area contributed by atoms with Gasteiger partial charge in [0.1, 0.15) is 17.3 Å². The molecular formula is C24H23N3O6. The number of carbonyl (C=O) groups is 2. The van der Waals surface area contributed by atoms with E-state index in [0.29, 0.717) is 22.2 Å². The standard InChI is InChI=1S/C24H23N3O6/c1-3-26-10-12-27(13-11-26)22-14-6-5-9-17-18(14)21(33-24(30)23(29)32-17)19(25-22)15-7-4-8-16(28)20(15)31-2/h4-9,28H,3,10-13H2,1-2H3. The number of para-hydroxylation sites is 1. The zero-order valence-electron chi connectivity index (χ0n) is 18.3. The SMILES string of the molecule is CCN1CCN(c2nc(-c3cccc(O)c3OC)c3c4c(cccc24)OC(=O)C(=O)O3)CC1. The van der Waals surface area contributed by atoms with Gasteiger partial charge in [0, 0.05) is 31.6 Å². The molecule has 0 aliphatic carbocycles. The number of hydrogen-bond donors (Lipinski definition) is 1. The predicted molar refractivity (Wildman–Crippen MR) is 121 cm³/mol. The Hall–Kier alpha value is -3.85. The molecular weight excluding hydrogens is 426 g/mol. The number of likely N-dealkylation sites (N-methyl/N-ethyl adjacent to an activating group) is 1. The molecule has 1 N–H and O–H groups in total. The molecule has 1 fully saturated rings. The molecule has 5 rings (SSSR count). The number of phenolic OH excluding ortho intramolecular Hbond substituents is 1. The van der Waals surface area contributed by atoms with Gasteiger partial charge < -0.3 is 29.1 Å². The van der Waals surface area contributed by atoms with Crippen LogP contribution in [0.4, 0.5) is 5.82 Å². The number of benzene rings is 2. The fourth-order valence-electron chi connectivity index (χ4n) is 4.37. The highest BCUT2D eigenvalue weighted by Crippen LogP contribution is 2.48. The predicted octanol–water partition coefficient (Wildman–Crippen LogP) is 2.58. The summed E-state index contributed by atoms with van der Waals surface area (Å²) in [5, 5.41) is 11.5. The first-order valence-electron chi connectivity index (χ1n) is 10.8. The number of carbonyl (C=O) groups excluding carboxylic acids is 2. The van der Waals surface area contributed by atoms with E-state index in [9.17, 15) is 14.7 Å². The first-order valence-corrected chi connectivity index (χ1v) is 10.8. The van der Waals surface area contributed by atoms with Crippen molar-refractivity contribution < 1.29 is 28.9 Å². The van der Waals surface area contributed by atoms with E-state index in [1.807, 2.05) is 6.07 Å². The van der Waals surface area contributed by atoms with Crippen molar-refractivity contribution in [3.8, 4) is 34.3 Å². The number of ether oxygens (including phenoxy) is 3. The molecule has 3 heterocycles. The minimum atomic E-state index is -1.14. The maximum atomic E-state index is 12.4. The summed E-state index contributed by atoms with van der Waals surface area (Å²) in [6, 6.07) is 10.1. The van der Waals surface area contributed by atoms with Crippen molar-refractivity contribution in [2.24, 2.45) is 0 Å². The van der Waals surface area contributed by atoms with Crippen LogP contribution >= 0.6 is 0 Å². The van der Waals surface area contributed by atoms with Crippen LogP contribution in [0.25, 0.3) is 22.0 Å². The van der Waals surface area contributed by atoms with Crippen molar-refractivity contribution in [1.82, 2.24) is 9.88 Å². The van der Waals surface area contributed by atoms with Gasteiger partial charge in [-0.3, -0.25) is 0 Å². The van der Waals surface area contributed by atoms with Crippen LogP contribution in [0.5, 0.6) is 23.0 Å². The largest absolute Gasteiger partial charge is 0.504 e. The van der Waals surface area contributed by atoms with E-state index >= 15 is 0 Å². The van der Waals surface area contributed by atoms with Crippen LogP contribution in [0.3, 0.4) is 0 Å². The van der Waals surface area contributed by atoms with Crippen molar-refractivity contribution in [2.75, 3.05) is 44.7 Å². The summed E-state index contributed by atoms with van der Waals surface area (Å²) in [6.45, 7) is 6.40.